The minimum Gasteiger partial charge on any atom is -0.310 e. The van der Waals surface area contributed by atoms with Gasteiger partial charge in [-0.15, -0.1) is 0 Å². The number of hydrogen-bond donors (Lipinski definition) is 1. The van der Waals surface area contributed by atoms with E-state index in [9.17, 15) is 0 Å². The summed E-state index contributed by atoms with van der Waals surface area (Å²) in [4.78, 5) is 0. The molecule has 1 aromatic rings. The molecule has 0 fully saturated rings. The number of aryl methyl sites for hydroxylation is 1. The summed E-state index contributed by atoms with van der Waals surface area (Å²) in [6.07, 6.45) is 2.41. The Morgan fingerprint density at radius 3 is 2.26 bits per heavy atom. The summed E-state index contributed by atoms with van der Waals surface area (Å²) in [5.41, 5.74) is 2.88. The van der Waals surface area contributed by atoms with E-state index in [1.165, 1.54) is 35.5 Å². The van der Waals surface area contributed by atoms with Gasteiger partial charge in [-0.1, -0.05) is 58.4 Å². The second-order valence-electron chi connectivity index (χ2n) is 5.53. The van der Waals surface area contributed by atoms with Crippen molar-refractivity contribution >= 4 is 11.8 Å². The molecule has 0 aliphatic carbocycles. The van der Waals surface area contributed by atoms with Crippen LogP contribution in [0.1, 0.15) is 51.3 Å². The van der Waals surface area contributed by atoms with Crippen molar-refractivity contribution in [3.05, 3.63) is 35.4 Å². The summed E-state index contributed by atoms with van der Waals surface area (Å²) in [5.74, 6) is 3.19. The average Bonchev–Trinajstić information content (AvgIpc) is 2.39. The van der Waals surface area contributed by atoms with Gasteiger partial charge in [0.05, 0.1) is 0 Å². The molecule has 1 unspecified atom stereocenters. The van der Waals surface area contributed by atoms with Crippen LogP contribution in [0.4, 0.5) is 0 Å². The van der Waals surface area contributed by atoms with Gasteiger partial charge in [0.1, 0.15) is 0 Å². The van der Waals surface area contributed by atoms with Gasteiger partial charge in [0.25, 0.3) is 0 Å². The molecular weight excluding hydrogens is 250 g/mol. The Labute approximate surface area is 123 Å². The van der Waals surface area contributed by atoms with Crippen LogP contribution in [0, 0.1) is 5.92 Å². The Morgan fingerprint density at radius 1 is 1.05 bits per heavy atom. The minimum absolute atomic E-state index is 0.490. The molecule has 1 nitrogen and oxygen atoms in total. The molecule has 0 saturated heterocycles. The van der Waals surface area contributed by atoms with Gasteiger partial charge >= 0.3 is 0 Å². The van der Waals surface area contributed by atoms with E-state index in [1.54, 1.807) is 0 Å². The summed E-state index contributed by atoms with van der Waals surface area (Å²) in [7, 11) is 0. The summed E-state index contributed by atoms with van der Waals surface area (Å²) in [6.45, 7) is 10.0. The molecule has 0 aromatic heterocycles. The van der Waals surface area contributed by atoms with E-state index in [2.05, 4.69) is 69.0 Å². The first-order valence-corrected chi connectivity index (χ1v) is 8.72. The monoisotopic (exact) mass is 279 g/mol. The van der Waals surface area contributed by atoms with Gasteiger partial charge < -0.3 is 5.32 Å². The van der Waals surface area contributed by atoms with E-state index >= 15 is 0 Å². The summed E-state index contributed by atoms with van der Waals surface area (Å²) in [5, 5.41) is 3.60. The number of rotatable bonds is 9. The lowest BCUT2D eigenvalue weighted by Gasteiger charge is -2.19. The fourth-order valence-corrected chi connectivity index (χ4v) is 3.30. The van der Waals surface area contributed by atoms with Crippen LogP contribution in [-0.2, 0) is 6.42 Å². The van der Waals surface area contributed by atoms with Crippen molar-refractivity contribution in [2.75, 3.05) is 18.1 Å². The maximum absolute atomic E-state index is 3.60. The topological polar surface area (TPSA) is 12.0 Å². The lowest BCUT2D eigenvalue weighted by Crippen LogP contribution is -2.23. The van der Waals surface area contributed by atoms with Crippen LogP contribution in [0.3, 0.4) is 0 Å². The van der Waals surface area contributed by atoms with Crippen molar-refractivity contribution in [2.45, 2.75) is 46.6 Å². The Balaban J connectivity index is 2.58. The molecule has 1 aromatic carbocycles. The molecule has 2 heteroatoms. The minimum atomic E-state index is 0.490. The molecule has 0 amide bonds. The number of hydrogen-bond acceptors (Lipinski definition) is 2. The van der Waals surface area contributed by atoms with E-state index in [-0.39, 0.29) is 0 Å². The highest BCUT2D eigenvalue weighted by atomic mass is 32.2. The van der Waals surface area contributed by atoms with Crippen molar-refractivity contribution in [3.63, 3.8) is 0 Å². The number of thioether (sulfide) groups is 1. The van der Waals surface area contributed by atoms with Crippen molar-refractivity contribution in [3.8, 4) is 0 Å². The molecule has 1 rings (SSSR count). The van der Waals surface area contributed by atoms with Gasteiger partial charge in [-0.05, 0) is 35.8 Å². The first-order valence-electron chi connectivity index (χ1n) is 7.57. The summed E-state index contributed by atoms with van der Waals surface area (Å²) in [6, 6.07) is 9.67. The van der Waals surface area contributed by atoms with Gasteiger partial charge in [-0.25, -0.2) is 0 Å². The van der Waals surface area contributed by atoms with Gasteiger partial charge in [-0.2, -0.15) is 11.8 Å². The molecule has 1 N–H and O–H groups in total. The number of benzene rings is 1. The molecule has 0 aliphatic rings. The second-order valence-corrected chi connectivity index (χ2v) is 6.61. The number of nitrogens with one attached hydrogen (secondary N) is 1. The lowest BCUT2D eigenvalue weighted by molar-refractivity contribution is 0.604. The van der Waals surface area contributed by atoms with Crippen LogP contribution in [0.25, 0.3) is 0 Å². The second kappa shape index (κ2) is 9.44. The highest BCUT2D eigenvalue weighted by Gasteiger charge is 2.10. The van der Waals surface area contributed by atoms with E-state index in [1.807, 2.05) is 0 Å². The van der Waals surface area contributed by atoms with E-state index in [4.69, 9.17) is 0 Å². The zero-order valence-electron chi connectivity index (χ0n) is 12.9. The summed E-state index contributed by atoms with van der Waals surface area (Å²) >= 11 is 2.06. The molecule has 0 bridgehead atoms. The average molecular weight is 279 g/mol. The third kappa shape index (κ3) is 6.49. The molecule has 108 valence electrons. The van der Waals surface area contributed by atoms with Crippen LogP contribution in [0.2, 0.25) is 0 Å². The lowest BCUT2D eigenvalue weighted by atomic mass is 10.0. The zero-order valence-corrected chi connectivity index (χ0v) is 13.7. The third-order valence-corrected chi connectivity index (χ3v) is 4.58. The third-order valence-electron chi connectivity index (χ3n) is 3.11. The largest absolute Gasteiger partial charge is 0.310 e. The molecule has 0 saturated carbocycles. The van der Waals surface area contributed by atoms with Crippen LogP contribution in [0.15, 0.2) is 24.3 Å². The maximum Gasteiger partial charge on any atom is 0.0411 e. The van der Waals surface area contributed by atoms with E-state index in [0.29, 0.717) is 6.04 Å². The first-order chi connectivity index (χ1) is 9.17. The Hall–Kier alpha value is -0.470. The van der Waals surface area contributed by atoms with Crippen LogP contribution in [0.5, 0.6) is 0 Å². The highest BCUT2D eigenvalue weighted by molar-refractivity contribution is 7.99. The molecule has 1 atom stereocenters. The van der Waals surface area contributed by atoms with Gasteiger partial charge in [0.2, 0.25) is 0 Å². The normalized spacial score (nSPS) is 12.9. The van der Waals surface area contributed by atoms with Crippen molar-refractivity contribution in [1.29, 1.82) is 0 Å². The highest BCUT2D eigenvalue weighted by Crippen LogP contribution is 2.21. The Kier molecular flexibility index (Phi) is 8.24. The van der Waals surface area contributed by atoms with Crippen molar-refractivity contribution in [1.82, 2.24) is 5.32 Å². The van der Waals surface area contributed by atoms with Gasteiger partial charge in [0, 0.05) is 11.8 Å². The molecule has 0 heterocycles. The predicted molar refractivity (Wildman–Crippen MR) is 89.0 cm³/mol. The zero-order chi connectivity index (χ0) is 14.1. The van der Waals surface area contributed by atoms with E-state index in [0.717, 1.165) is 12.5 Å². The molecule has 19 heavy (non-hydrogen) atoms. The molecule has 0 aliphatic heterocycles. The quantitative estimate of drug-likeness (QED) is 0.704. The SMILES string of the molecule is CCCc1ccc(C(CSCC(C)C)NCC)cc1. The Bertz CT molecular complexity index is 332. The molecule has 0 radical (unpaired) electrons. The molecular formula is C17H29NS. The molecule has 0 spiro atoms. The first kappa shape index (κ1) is 16.6. The van der Waals surface area contributed by atoms with Crippen molar-refractivity contribution in [2.24, 2.45) is 5.92 Å². The van der Waals surface area contributed by atoms with Crippen molar-refractivity contribution < 1.29 is 0 Å². The van der Waals surface area contributed by atoms with Crippen LogP contribution >= 0.6 is 11.8 Å². The van der Waals surface area contributed by atoms with Crippen LogP contribution in [-0.4, -0.2) is 18.1 Å². The predicted octanol–water partition coefficient (Wildman–Crippen LogP) is 4.68. The standard InChI is InChI=1S/C17H29NS/c1-5-7-15-8-10-16(11-9-15)17(18-6-2)13-19-12-14(3)4/h8-11,14,17-18H,5-7,12-13H2,1-4H3. The van der Waals surface area contributed by atoms with Crippen LogP contribution < -0.4 is 5.32 Å². The van der Waals surface area contributed by atoms with Gasteiger partial charge in [-0.3, -0.25) is 0 Å². The van der Waals surface area contributed by atoms with E-state index < -0.39 is 0 Å². The summed E-state index contributed by atoms with van der Waals surface area (Å²) < 4.78 is 0. The fourth-order valence-electron chi connectivity index (χ4n) is 2.15. The Morgan fingerprint density at radius 2 is 1.74 bits per heavy atom. The maximum atomic E-state index is 3.60. The smallest absolute Gasteiger partial charge is 0.0411 e. The van der Waals surface area contributed by atoms with Gasteiger partial charge in [0.15, 0.2) is 0 Å². The fraction of sp³-hybridized carbons (Fsp3) is 0.647.